The van der Waals surface area contributed by atoms with E-state index in [0.717, 1.165) is 29.2 Å². The molecular formula is C18H16F2N2O2S. The molecular weight excluding hydrogens is 346 g/mol. The number of nitrogens with one attached hydrogen (secondary N) is 1. The highest BCUT2D eigenvalue weighted by Crippen LogP contribution is 2.27. The molecule has 130 valence electrons. The zero-order valence-corrected chi connectivity index (χ0v) is 14.0. The molecule has 0 aliphatic rings. The Morgan fingerprint density at radius 1 is 1.08 bits per heavy atom. The molecule has 25 heavy (non-hydrogen) atoms. The molecule has 0 atom stereocenters. The van der Waals surface area contributed by atoms with Crippen molar-refractivity contribution in [2.24, 2.45) is 5.73 Å². The molecule has 3 N–H and O–H groups in total. The largest absolute Gasteiger partial charge is 0.370 e. The summed E-state index contributed by atoms with van der Waals surface area (Å²) in [5.41, 5.74) is 5.37. The number of benzene rings is 2. The first kappa shape index (κ1) is 18.7. The maximum atomic E-state index is 13.5. The quantitative estimate of drug-likeness (QED) is 0.584. The van der Waals surface area contributed by atoms with Gasteiger partial charge >= 0.3 is 0 Å². The van der Waals surface area contributed by atoms with Crippen LogP contribution in [0.15, 0.2) is 53.4 Å². The Morgan fingerprint density at radius 2 is 1.76 bits per heavy atom. The average Bonchev–Trinajstić information content (AvgIpc) is 2.55. The number of anilines is 1. The standard InChI is InChI=1S/C18H16F2N2O2S/c19-13-4-3-5-14(20)12(13)8-9-18(24)22-15-6-1-2-7-16(15)25-11-10-17(21)23/h1-9H,10-11H2,(H2,21,23)(H,22,24)/b9-8+. The summed E-state index contributed by atoms with van der Waals surface area (Å²) >= 11 is 1.38. The highest BCUT2D eigenvalue weighted by atomic mass is 32.2. The van der Waals surface area contributed by atoms with Crippen molar-refractivity contribution in [3.8, 4) is 0 Å². The lowest BCUT2D eigenvalue weighted by molar-refractivity contribution is -0.117. The predicted octanol–water partition coefficient (Wildman–Crippen LogP) is 3.58. The molecule has 4 nitrogen and oxygen atoms in total. The molecule has 0 bridgehead atoms. The topological polar surface area (TPSA) is 72.2 Å². The smallest absolute Gasteiger partial charge is 0.248 e. The summed E-state index contributed by atoms with van der Waals surface area (Å²) in [5, 5.41) is 2.65. The van der Waals surface area contributed by atoms with Crippen molar-refractivity contribution in [3.63, 3.8) is 0 Å². The number of primary amides is 1. The van der Waals surface area contributed by atoms with Gasteiger partial charge in [-0.05, 0) is 30.3 Å². The Morgan fingerprint density at radius 3 is 2.44 bits per heavy atom. The number of halogens is 2. The van der Waals surface area contributed by atoms with Crippen LogP contribution in [0.1, 0.15) is 12.0 Å². The van der Waals surface area contributed by atoms with E-state index in [9.17, 15) is 18.4 Å². The molecule has 0 heterocycles. The molecule has 0 aromatic heterocycles. The van der Waals surface area contributed by atoms with Gasteiger partial charge in [0.1, 0.15) is 11.6 Å². The second kappa shape index (κ2) is 8.98. The van der Waals surface area contributed by atoms with Crippen LogP contribution in [-0.2, 0) is 9.59 Å². The van der Waals surface area contributed by atoms with Gasteiger partial charge in [0.05, 0.1) is 5.69 Å². The van der Waals surface area contributed by atoms with Crippen molar-refractivity contribution in [2.75, 3.05) is 11.1 Å². The number of nitrogens with two attached hydrogens (primary N) is 1. The second-order valence-electron chi connectivity index (χ2n) is 5.02. The number of carbonyl (C=O) groups excluding carboxylic acids is 2. The minimum atomic E-state index is -0.744. The van der Waals surface area contributed by atoms with Crippen molar-refractivity contribution < 1.29 is 18.4 Å². The van der Waals surface area contributed by atoms with Crippen LogP contribution in [0.25, 0.3) is 6.08 Å². The lowest BCUT2D eigenvalue weighted by atomic mass is 10.2. The van der Waals surface area contributed by atoms with E-state index in [0.29, 0.717) is 11.4 Å². The van der Waals surface area contributed by atoms with Crippen LogP contribution < -0.4 is 11.1 Å². The molecule has 7 heteroatoms. The van der Waals surface area contributed by atoms with Crippen molar-refractivity contribution in [1.82, 2.24) is 0 Å². The molecule has 0 spiro atoms. The lowest BCUT2D eigenvalue weighted by Gasteiger charge is -2.09. The highest BCUT2D eigenvalue weighted by molar-refractivity contribution is 7.99. The Hall–Kier alpha value is -2.67. The van der Waals surface area contributed by atoms with Gasteiger partial charge in [-0.25, -0.2) is 8.78 Å². The zero-order valence-electron chi connectivity index (χ0n) is 13.2. The third-order valence-corrected chi connectivity index (χ3v) is 4.23. The van der Waals surface area contributed by atoms with Gasteiger partial charge in [-0.3, -0.25) is 9.59 Å². The number of para-hydroxylation sites is 1. The second-order valence-corrected chi connectivity index (χ2v) is 6.16. The fourth-order valence-corrected chi connectivity index (χ4v) is 2.93. The Bertz CT molecular complexity index is 789. The van der Waals surface area contributed by atoms with E-state index in [4.69, 9.17) is 5.73 Å². The number of carbonyl (C=O) groups is 2. The molecule has 0 saturated carbocycles. The van der Waals surface area contributed by atoms with Crippen molar-refractivity contribution in [3.05, 3.63) is 65.7 Å². The van der Waals surface area contributed by atoms with Gasteiger partial charge in [0.2, 0.25) is 11.8 Å². The molecule has 0 aliphatic carbocycles. The van der Waals surface area contributed by atoms with E-state index in [1.807, 2.05) is 0 Å². The van der Waals surface area contributed by atoms with E-state index in [1.54, 1.807) is 24.3 Å². The van der Waals surface area contributed by atoms with Crippen molar-refractivity contribution in [2.45, 2.75) is 11.3 Å². The predicted molar refractivity (Wildman–Crippen MR) is 95.0 cm³/mol. The third-order valence-electron chi connectivity index (χ3n) is 3.15. The lowest BCUT2D eigenvalue weighted by Crippen LogP contribution is -2.11. The van der Waals surface area contributed by atoms with Gasteiger partial charge in [0.15, 0.2) is 0 Å². The maximum Gasteiger partial charge on any atom is 0.248 e. The van der Waals surface area contributed by atoms with Gasteiger partial charge in [-0.1, -0.05) is 18.2 Å². The molecule has 0 saturated heterocycles. The monoisotopic (exact) mass is 362 g/mol. The fourth-order valence-electron chi connectivity index (χ4n) is 1.96. The first-order valence-corrected chi connectivity index (χ1v) is 8.39. The molecule has 0 radical (unpaired) electrons. The summed E-state index contributed by atoms with van der Waals surface area (Å²) in [7, 11) is 0. The van der Waals surface area contributed by atoms with E-state index in [-0.39, 0.29) is 12.0 Å². The number of rotatable bonds is 7. The number of hydrogen-bond acceptors (Lipinski definition) is 3. The highest BCUT2D eigenvalue weighted by Gasteiger charge is 2.08. The Kier molecular flexibility index (Phi) is 6.71. The molecule has 0 fully saturated rings. The van der Waals surface area contributed by atoms with E-state index in [1.165, 1.54) is 17.8 Å². The van der Waals surface area contributed by atoms with E-state index in [2.05, 4.69) is 5.32 Å². The first-order valence-electron chi connectivity index (χ1n) is 7.40. The summed E-state index contributed by atoms with van der Waals surface area (Å²) in [4.78, 5) is 23.6. The van der Waals surface area contributed by atoms with Crippen LogP contribution in [0.4, 0.5) is 14.5 Å². The first-order chi connectivity index (χ1) is 12.0. The van der Waals surface area contributed by atoms with Gasteiger partial charge in [0.25, 0.3) is 0 Å². The van der Waals surface area contributed by atoms with Crippen molar-refractivity contribution >= 4 is 35.3 Å². The average molecular weight is 362 g/mol. The molecule has 2 rings (SSSR count). The SMILES string of the molecule is NC(=O)CCSc1ccccc1NC(=O)/C=C/c1c(F)cccc1F. The van der Waals surface area contributed by atoms with Crippen LogP contribution in [0.3, 0.4) is 0 Å². The Balaban J connectivity index is 2.05. The normalized spacial score (nSPS) is 10.8. The maximum absolute atomic E-state index is 13.5. The van der Waals surface area contributed by atoms with Crippen LogP contribution in [-0.4, -0.2) is 17.6 Å². The summed E-state index contributed by atoms with van der Waals surface area (Å²) < 4.78 is 27.1. The van der Waals surface area contributed by atoms with Crippen LogP contribution in [0.2, 0.25) is 0 Å². The van der Waals surface area contributed by atoms with Crippen molar-refractivity contribution in [1.29, 1.82) is 0 Å². The number of hydrogen-bond donors (Lipinski definition) is 2. The number of amides is 2. The molecule has 2 aromatic carbocycles. The van der Waals surface area contributed by atoms with E-state index < -0.39 is 23.4 Å². The molecule has 0 unspecified atom stereocenters. The van der Waals surface area contributed by atoms with E-state index >= 15 is 0 Å². The van der Waals surface area contributed by atoms with Crippen LogP contribution in [0.5, 0.6) is 0 Å². The van der Waals surface area contributed by atoms with Crippen LogP contribution in [0, 0.1) is 11.6 Å². The summed E-state index contributed by atoms with van der Waals surface area (Å²) in [6.07, 6.45) is 2.37. The summed E-state index contributed by atoms with van der Waals surface area (Å²) in [5.74, 6) is -1.93. The van der Waals surface area contributed by atoms with Gasteiger partial charge in [0, 0.05) is 28.7 Å². The Labute approximate surface area is 148 Å². The minimum absolute atomic E-state index is 0.222. The van der Waals surface area contributed by atoms with Gasteiger partial charge in [-0.2, -0.15) is 0 Å². The van der Waals surface area contributed by atoms with Gasteiger partial charge in [-0.15, -0.1) is 11.8 Å². The summed E-state index contributed by atoms with van der Waals surface area (Å²) in [6.45, 7) is 0. The molecule has 0 aliphatic heterocycles. The molecule has 2 aromatic rings. The number of thioether (sulfide) groups is 1. The summed E-state index contributed by atoms with van der Waals surface area (Å²) in [6, 6.07) is 10.5. The van der Waals surface area contributed by atoms with Crippen LogP contribution >= 0.6 is 11.8 Å². The minimum Gasteiger partial charge on any atom is -0.370 e. The fraction of sp³-hybridized carbons (Fsp3) is 0.111. The zero-order chi connectivity index (χ0) is 18.2. The molecule has 2 amide bonds. The third kappa shape index (κ3) is 5.72. The van der Waals surface area contributed by atoms with Gasteiger partial charge < -0.3 is 11.1 Å².